The lowest BCUT2D eigenvalue weighted by Crippen LogP contribution is -2.37. The summed E-state index contributed by atoms with van der Waals surface area (Å²) in [6.07, 6.45) is 2.92. The van der Waals surface area contributed by atoms with Crippen molar-refractivity contribution in [2.75, 3.05) is 18.0 Å². The quantitative estimate of drug-likeness (QED) is 0.840. The first-order valence-electron chi connectivity index (χ1n) is 6.40. The van der Waals surface area contributed by atoms with Crippen molar-refractivity contribution in [3.05, 3.63) is 29.3 Å². The van der Waals surface area contributed by atoms with Crippen LogP contribution in [0.1, 0.15) is 24.0 Å². The van der Waals surface area contributed by atoms with E-state index in [1.54, 1.807) is 4.31 Å². The summed E-state index contributed by atoms with van der Waals surface area (Å²) >= 11 is 0. The monoisotopic (exact) mass is 266 g/mol. The molecular formula is C13H18N2O2S. The molecular weight excluding hydrogens is 248 g/mol. The largest absolute Gasteiger partial charge is 0.399 e. The maximum Gasteiger partial charge on any atom is 0.214 e. The third kappa shape index (κ3) is 2.37. The fourth-order valence-corrected chi connectivity index (χ4v) is 4.32. The summed E-state index contributed by atoms with van der Waals surface area (Å²) < 4.78 is 26.1. The molecule has 0 aromatic heterocycles. The Kier molecular flexibility index (Phi) is 2.83. The Bertz CT molecular complexity index is 564. The highest BCUT2D eigenvalue weighted by molar-refractivity contribution is 7.89. The van der Waals surface area contributed by atoms with Gasteiger partial charge in [0.25, 0.3) is 0 Å². The van der Waals surface area contributed by atoms with Gasteiger partial charge in [-0.05, 0) is 48.4 Å². The van der Waals surface area contributed by atoms with Crippen LogP contribution in [0.3, 0.4) is 0 Å². The SMILES string of the molecule is Nc1ccc2c(c1)CN(S(=O)(=O)CC1CC1)CC2. The van der Waals surface area contributed by atoms with Gasteiger partial charge in [0, 0.05) is 18.8 Å². The molecule has 2 aliphatic rings. The highest BCUT2D eigenvalue weighted by Gasteiger charge is 2.33. The van der Waals surface area contributed by atoms with Crippen LogP contribution in [0, 0.1) is 5.92 Å². The van der Waals surface area contributed by atoms with Crippen LogP contribution < -0.4 is 5.73 Å². The maximum absolute atomic E-state index is 12.2. The molecule has 1 aliphatic carbocycles. The minimum Gasteiger partial charge on any atom is -0.399 e. The molecule has 0 saturated heterocycles. The molecule has 1 saturated carbocycles. The average molecular weight is 266 g/mol. The molecule has 0 bridgehead atoms. The van der Waals surface area contributed by atoms with E-state index in [1.165, 1.54) is 5.56 Å². The van der Waals surface area contributed by atoms with Crippen LogP contribution >= 0.6 is 0 Å². The smallest absolute Gasteiger partial charge is 0.214 e. The molecule has 98 valence electrons. The van der Waals surface area contributed by atoms with Gasteiger partial charge in [-0.3, -0.25) is 0 Å². The molecule has 0 spiro atoms. The zero-order valence-corrected chi connectivity index (χ0v) is 11.1. The first-order valence-corrected chi connectivity index (χ1v) is 8.00. The number of nitrogens with two attached hydrogens (primary N) is 1. The predicted octanol–water partition coefficient (Wildman–Crippen LogP) is 1.37. The Morgan fingerprint density at radius 2 is 2.06 bits per heavy atom. The van der Waals surface area contributed by atoms with E-state index < -0.39 is 10.0 Å². The number of hydrogen-bond acceptors (Lipinski definition) is 3. The Morgan fingerprint density at radius 1 is 1.28 bits per heavy atom. The number of nitrogen functional groups attached to an aromatic ring is 1. The van der Waals surface area contributed by atoms with Gasteiger partial charge < -0.3 is 5.73 Å². The molecule has 1 aromatic carbocycles. The fourth-order valence-electron chi connectivity index (χ4n) is 2.48. The van der Waals surface area contributed by atoms with Crippen molar-refractivity contribution in [2.45, 2.75) is 25.8 Å². The van der Waals surface area contributed by atoms with Gasteiger partial charge in [0.05, 0.1) is 5.75 Å². The molecule has 4 nitrogen and oxygen atoms in total. The van der Waals surface area contributed by atoms with E-state index in [0.29, 0.717) is 30.4 Å². The van der Waals surface area contributed by atoms with Crippen LogP contribution in [-0.2, 0) is 23.0 Å². The summed E-state index contributed by atoms with van der Waals surface area (Å²) in [7, 11) is -3.08. The highest BCUT2D eigenvalue weighted by Crippen LogP contribution is 2.32. The molecule has 0 atom stereocenters. The van der Waals surface area contributed by atoms with Crippen LogP contribution in [0.5, 0.6) is 0 Å². The predicted molar refractivity (Wildman–Crippen MR) is 71.5 cm³/mol. The van der Waals surface area contributed by atoms with Gasteiger partial charge in [-0.1, -0.05) is 6.07 Å². The number of benzene rings is 1. The van der Waals surface area contributed by atoms with Gasteiger partial charge in [-0.25, -0.2) is 8.42 Å². The van der Waals surface area contributed by atoms with Crippen LogP contribution in [0.2, 0.25) is 0 Å². The summed E-state index contributed by atoms with van der Waals surface area (Å²) in [5.74, 6) is 0.724. The van der Waals surface area contributed by atoms with E-state index >= 15 is 0 Å². The minimum atomic E-state index is -3.08. The van der Waals surface area contributed by atoms with Gasteiger partial charge in [0.2, 0.25) is 10.0 Å². The first-order chi connectivity index (χ1) is 8.54. The van der Waals surface area contributed by atoms with Crippen LogP contribution in [0.15, 0.2) is 18.2 Å². The lowest BCUT2D eigenvalue weighted by molar-refractivity contribution is 0.390. The van der Waals surface area contributed by atoms with Crippen LogP contribution in [0.4, 0.5) is 5.69 Å². The topological polar surface area (TPSA) is 63.4 Å². The van der Waals surface area contributed by atoms with Gasteiger partial charge in [0.15, 0.2) is 0 Å². The molecule has 2 N–H and O–H groups in total. The van der Waals surface area contributed by atoms with Crippen molar-refractivity contribution < 1.29 is 8.42 Å². The third-order valence-electron chi connectivity index (χ3n) is 3.74. The molecule has 0 radical (unpaired) electrons. The Morgan fingerprint density at radius 3 is 2.78 bits per heavy atom. The summed E-state index contributed by atoms with van der Waals surface area (Å²) in [5, 5.41) is 0. The number of rotatable bonds is 3. The molecule has 1 fully saturated rings. The second-order valence-corrected chi connectivity index (χ2v) is 7.35. The summed E-state index contributed by atoms with van der Waals surface area (Å²) in [6.45, 7) is 1.08. The number of nitrogens with zero attached hydrogens (tertiary/aromatic N) is 1. The molecule has 3 rings (SSSR count). The normalized spacial score (nSPS) is 20.7. The van der Waals surface area contributed by atoms with Crippen molar-refractivity contribution in [2.24, 2.45) is 5.92 Å². The average Bonchev–Trinajstić information content (AvgIpc) is 3.11. The molecule has 1 aromatic rings. The number of hydrogen-bond donors (Lipinski definition) is 1. The van der Waals surface area contributed by atoms with E-state index in [0.717, 1.165) is 24.8 Å². The maximum atomic E-state index is 12.2. The van der Waals surface area contributed by atoms with E-state index in [9.17, 15) is 8.42 Å². The van der Waals surface area contributed by atoms with Crippen LogP contribution in [-0.4, -0.2) is 25.0 Å². The van der Waals surface area contributed by atoms with Crippen LogP contribution in [0.25, 0.3) is 0 Å². The molecule has 1 aliphatic heterocycles. The van der Waals surface area contributed by atoms with Crippen molar-refractivity contribution in [3.63, 3.8) is 0 Å². The lowest BCUT2D eigenvalue weighted by atomic mass is 10.0. The highest BCUT2D eigenvalue weighted by atomic mass is 32.2. The second-order valence-electron chi connectivity index (χ2n) is 5.33. The molecule has 5 heteroatoms. The Labute approximate surface area is 108 Å². The summed E-state index contributed by atoms with van der Waals surface area (Å²) in [5.41, 5.74) is 8.74. The van der Waals surface area contributed by atoms with E-state index in [1.807, 2.05) is 18.2 Å². The molecule has 0 amide bonds. The van der Waals surface area contributed by atoms with Gasteiger partial charge in [0.1, 0.15) is 0 Å². The molecule has 0 unspecified atom stereocenters. The van der Waals surface area contributed by atoms with Gasteiger partial charge in [-0.15, -0.1) is 0 Å². The van der Waals surface area contributed by atoms with Crippen molar-refractivity contribution in [3.8, 4) is 0 Å². The summed E-state index contributed by atoms with van der Waals surface area (Å²) in [6, 6.07) is 5.79. The van der Waals surface area contributed by atoms with E-state index in [-0.39, 0.29) is 0 Å². The van der Waals surface area contributed by atoms with Crippen molar-refractivity contribution in [1.29, 1.82) is 0 Å². The molecule has 18 heavy (non-hydrogen) atoms. The van der Waals surface area contributed by atoms with Gasteiger partial charge in [-0.2, -0.15) is 4.31 Å². The molecule has 1 heterocycles. The Balaban J connectivity index is 1.81. The zero-order valence-electron chi connectivity index (χ0n) is 10.3. The summed E-state index contributed by atoms with van der Waals surface area (Å²) in [4.78, 5) is 0. The third-order valence-corrected chi connectivity index (χ3v) is 5.74. The number of fused-ring (bicyclic) bond motifs is 1. The number of sulfonamides is 1. The minimum absolute atomic E-state index is 0.324. The standard InChI is InChI=1S/C13H18N2O2S/c14-13-4-3-11-5-6-15(8-12(11)7-13)18(16,17)9-10-1-2-10/h3-4,7,10H,1-2,5-6,8-9,14H2. The lowest BCUT2D eigenvalue weighted by Gasteiger charge is -2.28. The fraction of sp³-hybridized carbons (Fsp3) is 0.538. The van der Waals surface area contributed by atoms with Crippen molar-refractivity contribution >= 4 is 15.7 Å². The van der Waals surface area contributed by atoms with Crippen molar-refractivity contribution in [1.82, 2.24) is 4.31 Å². The second kappa shape index (κ2) is 4.24. The van der Waals surface area contributed by atoms with E-state index in [2.05, 4.69) is 0 Å². The zero-order chi connectivity index (χ0) is 12.8. The van der Waals surface area contributed by atoms with E-state index in [4.69, 9.17) is 5.73 Å². The number of anilines is 1. The first kappa shape index (κ1) is 12.0. The Hall–Kier alpha value is -1.07. The van der Waals surface area contributed by atoms with Gasteiger partial charge >= 0.3 is 0 Å².